The van der Waals surface area contributed by atoms with Crippen LogP contribution in [0, 0.1) is 10.1 Å². The van der Waals surface area contributed by atoms with E-state index in [0.29, 0.717) is 11.4 Å². The summed E-state index contributed by atoms with van der Waals surface area (Å²) in [6, 6.07) is 0. The van der Waals surface area contributed by atoms with E-state index in [1.165, 1.54) is 13.8 Å². The number of nitro groups is 1. The number of hydrazine groups is 1. The van der Waals surface area contributed by atoms with E-state index in [1.54, 1.807) is 41.5 Å². The highest BCUT2D eigenvalue weighted by Crippen LogP contribution is 2.28. The third-order valence-corrected chi connectivity index (χ3v) is 4.15. The Morgan fingerprint density at radius 2 is 1.45 bits per heavy atom. The van der Waals surface area contributed by atoms with Gasteiger partial charge in [0.25, 0.3) is 0 Å². The van der Waals surface area contributed by atoms with Crippen molar-refractivity contribution in [2.75, 3.05) is 0 Å². The van der Waals surface area contributed by atoms with Crippen molar-refractivity contribution in [3.63, 3.8) is 0 Å². The van der Waals surface area contributed by atoms with Crippen molar-refractivity contribution in [3.05, 3.63) is 10.1 Å². The Morgan fingerprint density at radius 3 is 1.88 bits per heavy atom. The molecule has 0 aliphatic rings. The molecule has 0 spiro atoms. The van der Waals surface area contributed by atoms with E-state index in [2.05, 4.69) is 5.43 Å². The molecule has 0 saturated heterocycles. The minimum atomic E-state index is -2.74. The summed E-state index contributed by atoms with van der Waals surface area (Å²) < 4.78 is 15.6. The van der Waals surface area contributed by atoms with Crippen LogP contribution in [0.4, 0.5) is 9.59 Å². The average molecular weight is 476 g/mol. The van der Waals surface area contributed by atoms with Crippen molar-refractivity contribution in [3.8, 4) is 0 Å². The van der Waals surface area contributed by atoms with Gasteiger partial charge in [-0.2, -0.15) is 0 Å². The SMILES string of the molecule is CCCCCCCC(C(=O)OC(C)C)(N(NC(=O)OC(C)(C)C)C(=O)OC(C)(C)C)[N+](=O)[O-]. The van der Waals surface area contributed by atoms with Gasteiger partial charge in [0.2, 0.25) is 0 Å². The minimum Gasteiger partial charge on any atom is -0.456 e. The lowest BCUT2D eigenvalue weighted by Gasteiger charge is -2.35. The summed E-state index contributed by atoms with van der Waals surface area (Å²) in [5.74, 6) is -1.28. The Balaban J connectivity index is 6.41. The zero-order valence-electron chi connectivity index (χ0n) is 21.5. The van der Waals surface area contributed by atoms with Gasteiger partial charge in [-0.3, -0.25) is 10.1 Å². The van der Waals surface area contributed by atoms with Crippen LogP contribution in [0.3, 0.4) is 0 Å². The largest absolute Gasteiger partial charge is 0.456 e. The summed E-state index contributed by atoms with van der Waals surface area (Å²) in [7, 11) is 0. The number of carbonyl (C=O) groups excluding carboxylic acids is 3. The van der Waals surface area contributed by atoms with Crippen LogP contribution in [0.1, 0.15) is 101 Å². The number of unbranched alkanes of at least 4 members (excludes halogenated alkanes) is 4. The minimum absolute atomic E-state index is 0.240. The number of carbonyl (C=O) groups is 3. The van der Waals surface area contributed by atoms with E-state index in [4.69, 9.17) is 14.2 Å². The molecule has 0 rings (SSSR count). The van der Waals surface area contributed by atoms with Crippen molar-refractivity contribution in [2.24, 2.45) is 0 Å². The van der Waals surface area contributed by atoms with Crippen molar-refractivity contribution < 1.29 is 33.5 Å². The van der Waals surface area contributed by atoms with Crippen LogP contribution in [-0.2, 0) is 19.0 Å². The molecule has 2 amide bonds. The number of esters is 1. The quantitative estimate of drug-likeness (QED) is 0.117. The molecule has 0 fully saturated rings. The summed E-state index contributed by atoms with van der Waals surface area (Å²) in [5, 5.41) is 12.7. The smallest absolute Gasteiger partial charge is 0.435 e. The van der Waals surface area contributed by atoms with Crippen molar-refractivity contribution >= 4 is 18.2 Å². The normalized spacial score (nSPS) is 13.6. The lowest BCUT2D eigenvalue weighted by Crippen LogP contribution is -2.69. The number of nitrogens with zero attached hydrogens (tertiary/aromatic N) is 2. The number of amides is 2. The summed E-state index contributed by atoms with van der Waals surface area (Å²) in [6.07, 6.45) is 0.00511. The highest BCUT2D eigenvalue weighted by Gasteiger charge is 2.62. The average Bonchev–Trinajstić information content (AvgIpc) is 2.59. The van der Waals surface area contributed by atoms with E-state index >= 15 is 0 Å². The molecule has 1 unspecified atom stereocenters. The van der Waals surface area contributed by atoms with E-state index in [9.17, 15) is 24.5 Å². The third kappa shape index (κ3) is 10.7. The van der Waals surface area contributed by atoms with Gasteiger partial charge in [-0.1, -0.05) is 32.6 Å². The molecule has 0 aromatic rings. The fourth-order valence-corrected chi connectivity index (χ4v) is 2.83. The summed E-state index contributed by atoms with van der Waals surface area (Å²) in [4.78, 5) is 50.2. The second-order valence-corrected chi connectivity index (χ2v) is 10.1. The Labute approximate surface area is 196 Å². The van der Waals surface area contributed by atoms with Crippen LogP contribution < -0.4 is 5.43 Å². The third-order valence-electron chi connectivity index (χ3n) is 4.15. The molecule has 0 aromatic heterocycles. The number of rotatable bonds is 10. The van der Waals surface area contributed by atoms with Gasteiger partial charge < -0.3 is 14.2 Å². The Kier molecular flexibility index (Phi) is 11.6. The zero-order valence-corrected chi connectivity index (χ0v) is 21.5. The van der Waals surface area contributed by atoms with Crippen LogP contribution in [0.15, 0.2) is 0 Å². The van der Waals surface area contributed by atoms with E-state index < -0.39 is 46.0 Å². The van der Waals surface area contributed by atoms with Gasteiger partial charge in [-0.05, 0) is 61.8 Å². The summed E-state index contributed by atoms with van der Waals surface area (Å²) >= 11 is 0. The van der Waals surface area contributed by atoms with Crippen molar-refractivity contribution in [2.45, 2.75) is 124 Å². The molecular weight excluding hydrogens is 434 g/mol. The fourth-order valence-electron chi connectivity index (χ4n) is 2.83. The monoisotopic (exact) mass is 475 g/mol. The van der Waals surface area contributed by atoms with Gasteiger partial charge in [0.15, 0.2) is 0 Å². The maximum absolute atomic E-state index is 13.1. The molecule has 0 radical (unpaired) electrons. The van der Waals surface area contributed by atoms with Gasteiger partial charge in [0, 0.05) is 0 Å². The van der Waals surface area contributed by atoms with Gasteiger partial charge in [-0.15, -0.1) is 5.01 Å². The maximum Gasteiger partial charge on any atom is 0.435 e. The number of hydrogen-bond acceptors (Lipinski definition) is 8. The first-order chi connectivity index (χ1) is 15.0. The lowest BCUT2D eigenvalue weighted by atomic mass is 10.00. The fraction of sp³-hybridized carbons (Fsp3) is 0.864. The molecule has 0 aliphatic carbocycles. The van der Waals surface area contributed by atoms with Crippen LogP contribution in [0.2, 0.25) is 0 Å². The molecule has 11 heteroatoms. The standard InChI is InChI=1S/C22H41N3O8/c1-10-11-12-13-14-15-22(25(29)30,17(26)31-16(2)3)24(19(28)33-21(7,8)9)23-18(27)32-20(4,5)6/h16H,10-15H2,1-9H3,(H,23,27). The maximum atomic E-state index is 13.1. The van der Waals surface area contributed by atoms with Gasteiger partial charge >= 0.3 is 23.8 Å². The summed E-state index contributed by atoms with van der Waals surface area (Å²) in [6.45, 7) is 14.5. The zero-order chi connectivity index (χ0) is 26.0. The van der Waals surface area contributed by atoms with Gasteiger partial charge in [0.05, 0.1) is 17.4 Å². The summed E-state index contributed by atoms with van der Waals surface area (Å²) in [5.41, 5.74) is -2.68. The molecule has 1 N–H and O–H groups in total. The molecule has 0 aromatic carbocycles. The second-order valence-electron chi connectivity index (χ2n) is 10.1. The molecule has 1 atom stereocenters. The first-order valence-corrected chi connectivity index (χ1v) is 11.3. The van der Waals surface area contributed by atoms with Crippen molar-refractivity contribution in [1.82, 2.24) is 10.4 Å². The Bertz CT molecular complexity index is 682. The van der Waals surface area contributed by atoms with Crippen LogP contribution in [0.25, 0.3) is 0 Å². The predicted octanol–water partition coefficient (Wildman–Crippen LogP) is 4.95. The van der Waals surface area contributed by atoms with Crippen LogP contribution in [0.5, 0.6) is 0 Å². The molecule has 33 heavy (non-hydrogen) atoms. The number of hydrogen-bond donors (Lipinski definition) is 1. The van der Waals surface area contributed by atoms with E-state index in [0.717, 1.165) is 19.3 Å². The van der Waals surface area contributed by atoms with Crippen LogP contribution in [-0.4, -0.2) is 51.1 Å². The second kappa shape index (κ2) is 12.6. The highest BCUT2D eigenvalue weighted by atomic mass is 16.7. The molecule has 0 saturated carbocycles. The molecular formula is C22H41N3O8. The van der Waals surface area contributed by atoms with Gasteiger partial charge in [0.1, 0.15) is 11.2 Å². The molecule has 0 bridgehead atoms. The highest BCUT2D eigenvalue weighted by molar-refractivity contribution is 5.85. The van der Waals surface area contributed by atoms with Crippen LogP contribution >= 0.6 is 0 Å². The lowest BCUT2D eigenvalue weighted by molar-refractivity contribution is -0.585. The first-order valence-electron chi connectivity index (χ1n) is 11.3. The molecule has 0 aliphatic heterocycles. The van der Waals surface area contributed by atoms with Gasteiger partial charge in [-0.25, -0.2) is 19.8 Å². The van der Waals surface area contributed by atoms with E-state index in [1.807, 2.05) is 6.92 Å². The molecule has 11 nitrogen and oxygen atoms in total. The molecule has 0 heterocycles. The number of nitrogens with one attached hydrogen (secondary N) is 1. The Morgan fingerprint density at radius 1 is 0.939 bits per heavy atom. The predicted molar refractivity (Wildman–Crippen MR) is 122 cm³/mol. The molecule has 192 valence electrons. The topological polar surface area (TPSA) is 137 Å². The first kappa shape index (κ1) is 30.4. The van der Waals surface area contributed by atoms with Crippen molar-refractivity contribution in [1.29, 1.82) is 0 Å². The Hall–Kier alpha value is -2.59. The van der Waals surface area contributed by atoms with E-state index in [-0.39, 0.29) is 12.8 Å². The number of ether oxygens (including phenoxy) is 3.